The highest BCUT2D eigenvalue weighted by Gasteiger charge is 2.44. The molecule has 0 bridgehead atoms. The molecule has 2 aromatic carbocycles. The van der Waals surface area contributed by atoms with Crippen molar-refractivity contribution in [1.29, 1.82) is 0 Å². The summed E-state index contributed by atoms with van der Waals surface area (Å²) >= 11 is 12.6. The third-order valence-electron chi connectivity index (χ3n) is 9.59. The Hall–Kier alpha value is -3.34. The molecule has 3 N–H and O–H groups in total. The molecule has 0 spiro atoms. The fourth-order valence-corrected chi connectivity index (χ4v) is 7.80. The molecule has 2 heterocycles. The number of guanidine groups is 1. The van der Waals surface area contributed by atoms with Gasteiger partial charge in [-0.3, -0.25) is 10.1 Å². The van der Waals surface area contributed by atoms with Gasteiger partial charge in [0.25, 0.3) is 0 Å². The van der Waals surface area contributed by atoms with Crippen LogP contribution in [0.1, 0.15) is 97.1 Å². The Morgan fingerprint density at radius 3 is 1.96 bits per heavy atom. The molecule has 4 atom stereocenters. The van der Waals surface area contributed by atoms with Crippen molar-refractivity contribution in [3.63, 3.8) is 0 Å². The molecule has 50 heavy (non-hydrogen) atoms. The average Bonchev–Trinajstić information content (AvgIpc) is 3.01. The summed E-state index contributed by atoms with van der Waals surface area (Å²) in [6.07, 6.45) is 3.28. The van der Waals surface area contributed by atoms with Crippen molar-refractivity contribution in [2.75, 3.05) is 13.1 Å². The topological polar surface area (TPSA) is 121 Å². The number of hydrogen-bond acceptors (Lipinski definition) is 6. The van der Waals surface area contributed by atoms with E-state index < -0.39 is 23.4 Å². The molecule has 2 aliphatic heterocycles. The van der Waals surface area contributed by atoms with Crippen molar-refractivity contribution in [1.82, 2.24) is 20.9 Å². The van der Waals surface area contributed by atoms with Crippen LogP contribution < -0.4 is 16.0 Å². The molecule has 10 nitrogen and oxygen atoms in total. The van der Waals surface area contributed by atoms with Crippen LogP contribution in [0.5, 0.6) is 0 Å². The largest absolute Gasteiger partial charge is 0.444 e. The Kier molecular flexibility index (Phi) is 12.1. The second-order valence-corrected chi connectivity index (χ2v) is 16.6. The van der Waals surface area contributed by atoms with Crippen molar-refractivity contribution in [3.05, 3.63) is 69.7 Å². The Bertz CT molecular complexity index is 1480. The number of nitrogens with one attached hydrogen (secondary N) is 3. The van der Waals surface area contributed by atoms with Crippen LogP contribution in [0.3, 0.4) is 0 Å². The van der Waals surface area contributed by atoms with Crippen molar-refractivity contribution in [3.8, 4) is 0 Å². The monoisotopic (exact) mass is 727 g/mol. The highest BCUT2D eigenvalue weighted by molar-refractivity contribution is 6.30. The van der Waals surface area contributed by atoms with Gasteiger partial charge in [0, 0.05) is 53.6 Å². The van der Waals surface area contributed by atoms with Crippen LogP contribution in [0.25, 0.3) is 0 Å². The molecule has 2 saturated heterocycles. The quantitative estimate of drug-likeness (QED) is 0.214. The molecular weight excluding hydrogens is 677 g/mol. The van der Waals surface area contributed by atoms with Gasteiger partial charge in [0.1, 0.15) is 11.2 Å². The maximum absolute atomic E-state index is 12.9. The second kappa shape index (κ2) is 15.9. The van der Waals surface area contributed by atoms with Gasteiger partial charge in [-0.25, -0.2) is 9.59 Å². The van der Waals surface area contributed by atoms with E-state index in [4.69, 9.17) is 32.7 Å². The first-order valence-corrected chi connectivity index (χ1v) is 18.4. The van der Waals surface area contributed by atoms with Gasteiger partial charge in [-0.05, 0) is 121 Å². The molecule has 3 aliphatic rings. The number of ether oxygens (including phenoxy) is 2. The van der Waals surface area contributed by atoms with Crippen LogP contribution in [0.2, 0.25) is 10.0 Å². The van der Waals surface area contributed by atoms with Gasteiger partial charge in [-0.15, -0.1) is 4.99 Å². The predicted molar refractivity (Wildman–Crippen MR) is 197 cm³/mol. The molecule has 12 heteroatoms. The summed E-state index contributed by atoms with van der Waals surface area (Å²) in [4.78, 5) is 44.3. The molecule has 1 aliphatic carbocycles. The Morgan fingerprint density at radius 1 is 0.860 bits per heavy atom. The van der Waals surface area contributed by atoms with Crippen molar-refractivity contribution in [2.45, 2.75) is 115 Å². The fourth-order valence-electron chi connectivity index (χ4n) is 7.55. The number of carbonyl (C=O) groups excluding carboxylic acids is 3. The smallest absolute Gasteiger partial charge is 0.437 e. The predicted octanol–water partition coefficient (Wildman–Crippen LogP) is 7.67. The molecular formula is C38H51Cl2N5O5. The number of hydrogen-bond donors (Lipinski definition) is 3. The Labute approximate surface area is 306 Å². The lowest BCUT2D eigenvalue weighted by atomic mass is 9.65. The second-order valence-electron chi connectivity index (χ2n) is 15.8. The number of alkyl carbamates (subject to hydrolysis) is 1. The lowest BCUT2D eigenvalue weighted by molar-refractivity contribution is -0.126. The normalized spacial score (nSPS) is 23.6. The lowest BCUT2D eigenvalue weighted by Gasteiger charge is -2.47. The molecule has 4 unspecified atom stereocenters. The third-order valence-corrected chi connectivity index (χ3v) is 10.1. The van der Waals surface area contributed by atoms with E-state index in [-0.39, 0.29) is 41.8 Å². The van der Waals surface area contributed by atoms with E-state index >= 15 is 0 Å². The fraction of sp³-hybridized carbons (Fsp3) is 0.579. The van der Waals surface area contributed by atoms with Gasteiger partial charge in [0.2, 0.25) is 11.9 Å². The van der Waals surface area contributed by atoms with E-state index in [1.54, 1.807) is 41.5 Å². The van der Waals surface area contributed by atoms with Crippen LogP contribution >= 0.6 is 23.2 Å². The molecule has 1 saturated carbocycles. The van der Waals surface area contributed by atoms with Gasteiger partial charge >= 0.3 is 12.2 Å². The van der Waals surface area contributed by atoms with E-state index in [2.05, 4.69) is 45.2 Å². The first-order valence-electron chi connectivity index (χ1n) is 17.7. The first kappa shape index (κ1) is 37.9. The highest BCUT2D eigenvalue weighted by Crippen LogP contribution is 2.45. The minimum atomic E-state index is -0.787. The van der Waals surface area contributed by atoms with Crippen molar-refractivity contribution < 1.29 is 23.9 Å². The number of rotatable bonds is 5. The van der Waals surface area contributed by atoms with E-state index in [0.29, 0.717) is 35.5 Å². The standard InChI is InChI=1S/C38H51Cl2N5O5/c1-37(2,3)49-35(47)43-34(44-36(48)50-38(4,5)6)45-19-17-28(18-20-45)41-31-22-32(46)42-30-16-11-25(21-29(30)31)33(23-7-12-26(39)13-8-23)24-9-14-27(40)15-10-24/h7-10,12-15,25,28-31,33,41H,11,16-22H2,1-6H3,(H,42,46)(H,43,44,47,48). The summed E-state index contributed by atoms with van der Waals surface area (Å²) in [5.41, 5.74) is 0.992. The van der Waals surface area contributed by atoms with Gasteiger partial charge in [0.15, 0.2) is 0 Å². The SMILES string of the molecule is CC(C)(C)OC(=O)/N=C(/NC(=O)OC(C)(C)C)N1CCC(NC2CC(=O)NC3CCC(C(c4ccc(Cl)cc4)c4ccc(Cl)cc4)CC32)CC1. The van der Waals surface area contributed by atoms with Crippen LogP contribution in [-0.4, -0.2) is 71.4 Å². The zero-order valence-corrected chi connectivity index (χ0v) is 31.4. The molecule has 3 amide bonds. The van der Waals surface area contributed by atoms with Crippen molar-refractivity contribution >= 4 is 47.3 Å². The summed E-state index contributed by atoms with van der Waals surface area (Å²) in [6, 6.07) is 16.6. The van der Waals surface area contributed by atoms with E-state index in [9.17, 15) is 14.4 Å². The van der Waals surface area contributed by atoms with Gasteiger partial charge in [-0.2, -0.15) is 0 Å². The van der Waals surface area contributed by atoms with Gasteiger partial charge in [-0.1, -0.05) is 47.5 Å². The van der Waals surface area contributed by atoms with E-state index in [1.165, 1.54) is 11.1 Å². The molecule has 0 radical (unpaired) electrons. The van der Waals surface area contributed by atoms with Gasteiger partial charge in [0.05, 0.1) is 0 Å². The Balaban J connectivity index is 1.28. The number of amides is 3. The minimum Gasteiger partial charge on any atom is -0.444 e. The summed E-state index contributed by atoms with van der Waals surface area (Å²) in [5, 5.41) is 11.3. The zero-order valence-electron chi connectivity index (χ0n) is 29.9. The van der Waals surface area contributed by atoms with Crippen molar-refractivity contribution in [2.24, 2.45) is 16.8 Å². The highest BCUT2D eigenvalue weighted by atomic mass is 35.5. The number of carbonyl (C=O) groups is 3. The number of benzene rings is 2. The minimum absolute atomic E-state index is 0.0268. The van der Waals surface area contributed by atoms with E-state index in [1.807, 2.05) is 29.2 Å². The number of halogens is 2. The number of fused-ring (bicyclic) bond motifs is 1. The number of nitrogens with zero attached hydrogens (tertiary/aromatic N) is 2. The number of aliphatic imine (C=N–C) groups is 1. The summed E-state index contributed by atoms with van der Waals surface area (Å²) < 4.78 is 10.9. The van der Waals surface area contributed by atoms with E-state index in [0.717, 1.165) is 32.1 Å². The molecule has 5 rings (SSSR count). The number of likely N-dealkylation sites (tertiary alicyclic amines) is 1. The van der Waals surface area contributed by atoms with Crippen LogP contribution in [0.4, 0.5) is 9.59 Å². The molecule has 2 aromatic rings. The third kappa shape index (κ3) is 10.6. The summed E-state index contributed by atoms with van der Waals surface area (Å²) in [6.45, 7) is 11.7. The number of piperidine rings is 2. The Morgan fingerprint density at radius 2 is 1.42 bits per heavy atom. The molecule has 272 valence electrons. The molecule has 3 fully saturated rings. The molecule has 0 aromatic heterocycles. The summed E-state index contributed by atoms with van der Waals surface area (Å²) in [7, 11) is 0. The van der Waals surface area contributed by atoms with Crippen LogP contribution in [0.15, 0.2) is 53.5 Å². The zero-order chi connectivity index (χ0) is 36.2. The van der Waals surface area contributed by atoms with Crippen LogP contribution in [0, 0.1) is 11.8 Å². The first-order chi connectivity index (χ1) is 23.5. The maximum Gasteiger partial charge on any atom is 0.437 e. The van der Waals surface area contributed by atoms with Crippen LogP contribution in [-0.2, 0) is 14.3 Å². The van der Waals surface area contributed by atoms with Gasteiger partial charge < -0.3 is 25.0 Å². The lowest BCUT2D eigenvalue weighted by Crippen LogP contribution is -2.61. The maximum atomic E-state index is 12.9. The summed E-state index contributed by atoms with van der Waals surface area (Å²) in [5.74, 6) is 0.997. The average molecular weight is 729 g/mol.